The van der Waals surface area contributed by atoms with Gasteiger partial charge in [0.1, 0.15) is 0 Å². The maximum Gasteiger partial charge on any atom is 0.230 e. The number of hydrogen-bond acceptors (Lipinski definition) is 2. The summed E-state index contributed by atoms with van der Waals surface area (Å²) < 4.78 is 0. The van der Waals surface area contributed by atoms with E-state index in [0.29, 0.717) is 11.4 Å². The number of nitrogens with one attached hydrogen (secondary N) is 1. The largest absolute Gasteiger partial charge is 0.396 e. The van der Waals surface area contributed by atoms with E-state index in [2.05, 4.69) is 5.32 Å². The Kier molecular flexibility index (Phi) is 5.83. The Labute approximate surface area is 120 Å². The van der Waals surface area contributed by atoms with E-state index in [0.717, 1.165) is 12.0 Å². The van der Waals surface area contributed by atoms with Gasteiger partial charge in [0.15, 0.2) is 0 Å². The smallest absolute Gasteiger partial charge is 0.230 e. The quantitative estimate of drug-likeness (QED) is 0.843. The molecule has 1 aromatic carbocycles. The zero-order valence-electron chi connectivity index (χ0n) is 11.7. The highest BCUT2D eigenvalue weighted by molar-refractivity contribution is 6.30. The first-order valence-electron chi connectivity index (χ1n) is 6.55. The van der Waals surface area contributed by atoms with Crippen LogP contribution in [-0.4, -0.2) is 23.7 Å². The van der Waals surface area contributed by atoms with Crippen LogP contribution in [0.25, 0.3) is 0 Å². The van der Waals surface area contributed by atoms with E-state index in [1.165, 1.54) is 0 Å². The summed E-state index contributed by atoms with van der Waals surface area (Å²) in [5.41, 5.74) is 0.335. The molecule has 2 N–H and O–H groups in total. The fraction of sp³-hybridized carbons (Fsp3) is 0.533. The molecule has 1 atom stereocenters. The van der Waals surface area contributed by atoms with Crippen molar-refractivity contribution in [3.05, 3.63) is 34.9 Å². The number of hydrogen-bond donors (Lipinski definition) is 2. The first-order chi connectivity index (χ1) is 8.87. The van der Waals surface area contributed by atoms with Gasteiger partial charge in [-0.1, -0.05) is 23.7 Å². The minimum Gasteiger partial charge on any atom is -0.396 e. The molecule has 0 bridgehead atoms. The van der Waals surface area contributed by atoms with E-state index in [1.807, 2.05) is 32.9 Å². The summed E-state index contributed by atoms with van der Waals surface area (Å²) >= 11 is 5.86. The van der Waals surface area contributed by atoms with Gasteiger partial charge < -0.3 is 10.4 Å². The van der Waals surface area contributed by atoms with Crippen molar-refractivity contribution in [3.63, 3.8) is 0 Å². The number of amides is 1. The first kappa shape index (κ1) is 16.0. The summed E-state index contributed by atoms with van der Waals surface area (Å²) in [4.78, 5) is 12.3. The monoisotopic (exact) mass is 283 g/mol. The third-order valence-corrected chi connectivity index (χ3v) is 3.56. The zero-order valence-corrected chi connectivity index (χ0v) is 12.5. The van der Waals surface area contributed by atoms with Gasteiger partial charge in [0.25, 0.3) is 0 Å². The fourth-order valence-electron chi connectivity index (χ4n) is 1.87. The third kappa shape index (κ3) is 4.51. The van der Waals surface area contributed by atoms with E-state index < -0.39 is 5.41 Å². The Morgan fingerprint density at radius 1 is 1.37 bits per heavy atom. The summed E-state index contributed by atoms with van der Waals surface area (Å²) in [5.74, 6) is -0.0136. The first-order valence-corrected chi connectivity index (χ1v) is 6.93. The number of halogens is 1. The highest BCUT2D eigenvalue weighted by Gasteiger charge is 2.30. The predicted molar refractivity (Wildman–Crippen MR) is 78.4 cm³/mol. The Hall–Kier alpha value is -1.06. The average molecular weight is 284 g/mol. The van der Waals surface area contributed by atoms with Gasteiger partial charge in [-0.15, -0.1) is 0 Å². The molecule has 0 saturated carbocycles. The predicted octanol–water partition coefficient (Wildman–Crippen LogP) is 2.89. The molecule has 0 heterocycles. The minimum absolute atomic E-state index is 0.0136. The second-order valence-corrected chi connectivity index (χ2v) is 5.81. The minimum atomic E-state index is -0.599. The molecule has 0 spiro atoms. The standard InChI is InChI=1S/C15H22ClNO2/c1-11(5-4-10-18)17-14(19)15(2,3)12-6-8-13(16)9-7-12/h6-9,11,18H,4-5,10H2,1-3H3,(H,17,19). The molecule has 1 rings (SSSR count). The molecule has 0 aromatic heterocycles. The van der Waals surface area contributed by atoms with Crippen molar-refractivity contribution >= 4 is 17.5 Å². The number of carbonyl (C=O) groups excluding carboxylic acids is 1. The number of aliphatic hydroxyl groups is 1. The Balaban J connectivity index is 2.71. The lowest BCUT2D eigenvalue weighted by Crippen LogP contribution is -2.44. The maximum atomic E-state index is 12.3. The molecular weight excluding hydrogens is 262 g/mol. The second-order valence-electron chi connectivity index (χ2n) is 5.37. The molecule has 4 heteroatoms. The van der Waals surface area contributed by atoms with Crippen LogP contribution in [0.5, 0.6) is 0 Å². The van der Waals surface area contributed by atoms with Crippen molar-refractivity contribution in [2.24, 2.45) is 0 Å². The van der Waals surface area contributed by atoms with Crippen LogP contribution in [0.4, 0.5) is 0 Å². The van der Waals surface area contributed by atoms with Gasteiger partial charge in [-0.05, 0) is 51.3 Å². The molecule has 0 fully saturated rings. The van der Waals surface area contributed by atoms with Gasteiger partial charge in [0, 0.05) is 17.7 Å². The van der Waals surface area contributed by atoms with Gasteiger partial charge >= 0.3 is 0 Å². The van der Waals surface area contributed by atoms with Gasteiger partial charge in [-0.2, -0.15) is 0 Å². The number of rotatable bonds is 6. The third-order valence-electron chi connectivity index (χ3n) is 3.31. The molecule has 1 amide bonds. The number of benzene rings is 1. The molecule has 1 aromatic rings. The van der Waals surface area contributed by atoms with E-state index in [9.17, 15) is 4.79 Å². The zero-order chi connectivity index (χ0) is 14.5. The lowest BCUT2D eigenvalue weighted by atomic mass is 9.83. The fourth-order valence-corrected chi connectivity index (χ4v) is 2.00. The van der Waals surface area contributed by atoms with Crippen LogP contribution in [0.15, 0.2) is 24.3 Å². The van der Waals surface area contributed by atoms with Crippen molar-refractivity contribution in [2.75, 3.05) is 6.61 Å². The normalized spacial score (nSPS) is 13.1. The second kappa shape index (κ2) is 6.92. The highest BCUT2D eigenvalue weighted by Crippen LogP contribution is 2.25. The van der Waals surface area contributed by atoms with Crippen molar-refractivity contribution in [1.82, 2.24) is 5.32 Å². The molecule has 0 aliphatic carbocycles. The topological polar surface area (TPSA) is 49.3 Å². The molecule has 0 radical (unpaired) electrons. The average Bonchev–Trinajstić information content (AvgIpc) is 2.36. The summed E-state index contributed by atoms with van der Waals surface area (Å²) in [6.45, 7) is 5.89. The van der Waals surface area contributed by atoms with Crippen molar-refractivity contribution < 1.29 is 9.90 Å². The van der Waals surface area contributed by atoms with Crippen LogP contribution in [0.3, 0.4) is 0 Å². The van der Waals surface area contributed by atoms with Crippen LogP contribution < -0.4 is 5.32 Å². The van der Waals surface area contributed by atoms with Crippen molar-refractivity contribution in [3.8, 4) is 0 Å². The van der Waals surface area contributed by atoms with E-state index in [1.54, 1.807) is 12.1 Å². The Morgan fingerprint density at radius 3 is 2.47 bits per heavy atom. The molecule has 19 heavy (non-hydrogen) atoms. The molecule has 0 aliphatic heterocycles. The van der Waals surface area contributed by atoms with Crippen LogP contribution in [-0.2, 0) is 10.2 Å². The molecule has 3 nitrogen and oxygen atoms in total. The molecule has 1 unspecified atom stereocenters. The van der Waals surface area contributed by atoms with Crippen molar-refractivity contribution in [1.29, 1.82) is 0 Å². The summed E-state index contributed by atoms with van der Waals surface area (Å²) in [7, 11) is 0. The Bertz CT molecular complexity index is 415. The summed E-state index contributed by atoms with van der Waals surface area (Å²) in [6, 6.07) is 7.40. The lowest BCUT2D eigenvalue weighted by Gasteiger charge is -2.26. The van der Waals surface area contributed by atoms with Crippen LogP contribution in [0.1, 0.15) is 39.2 Å². The molecular formula is C15H22ClNO2. The van der Waals surface area contributed by atoms with Crippen LogP contribution >= 0.6 is 11.6 Å². The van der Waals surface area contributed by atoms with Crippen LogP contribution in [0, 0.1) is 0 Å². The molecule has 106 valence electrons. The molecule has 0 saturated heterocycles. The van der Waals surface area contributed by atoms with Crippen LogP contribution in [0.2, 0.25) is 5.02 Å². The van der Waals surface area contributed by atoms with Gasteiger partial charge in [0.2, 0.25) is 5.91 Å². The maximum absolute atomic E-state index is 12.3. The summed E-state index contributed by atoms with van der Waals surface area (Å²) in [6.07, 6.45) is 1.47. The number of carbonyl (C=O) groups is 1. The summed E-state index contributed by atoms with van der Waals surface area (Å²) in [5, 5.41) is 12.4. The molecule has 0 aliphatic rings. The van der Waals surface area contributed by atoms with Crippen molar-refractivity contribution in [2.45, 2.75) is 45.1 Å². The van der Waals surface area contributed by atoms with E-state index in [4.69, 9.17) is 16.7 Å². The van der Waals surface area contributed by atoms with Gasteiger partial charge in [-0.3, -0.25) is 4.79 Å². The lowest BCUT2D eigenvalue weighted by molar-refractivity contribution is -0.126. The van der Waals surface area contributed by atoms with E-state index in [-0.39, 0.29) is 18.6 Å². The highest BCUT2D eigenvalue weighted by atomic mass is 35.5. The SMILES string of the molecule is CC(CCCO)NC(=O)C(C)(C)c1ccc(Cl)cc1. The van der Waals surface area contributed by atoms with E-state index >= 15 is 0 Å². The number of aliphatic hydroxyl groups excluding tert-OH is 1. The van der Waals surface area contributed by atoms with Gasteiger partial charge in [0.05, 0.1) is 5.41 Å². The van der Waals surface area contributed by atoms with Gasteiger partial charge in [-0.25, -0.2) is 0 Å². The Morgan fingerprint density at radius 2 is 1.95 bits per heavy atom.